The smallest absolute Gasteiger partial charge is 0.0501 e. The maximum absolute atomic E-state index is 6.18. The van der Waals surface area contributed by atoms with Crippen molar-refractivity contribution in [2.45, 2.75) is 18.8 Å². The molecule has 0 aromatic carbocycles. The van der Waals surface area contributed by atoms with Gasteiger partial charge in [0.15, 0.2) is 0 Å². The van der Waals surface area contributed by atoms with Crippen LogP contribution in [0.25, 0.3) is 0 Å². The summed E-state index contributed by atoms with van der Waals surface area (Å²) < 4.78 is 1.19. The molecule has 1 nitrogen and oxygen atoms in total. The summed E-state index contributed by atoms with van der Waals surface area (Å²) in [6.07, 6.45) is 0. The first-order valence-corrected chi connectivity index (χ1v) is 6.85. The number of hydrogen-bond acceptors (Lipinski definition) is 2. The van der Waals surface area contributed by atoms with E-state index in [0.717, 1.165) is 19.6 Å². The predicted octanol–water partition coefficient (Wildman–Crippen LogP) is 3.57. The van der Waals surface area contributed by atoms with Gasteiger partial charge in [-0.15, -0.1) is 22.9 Å². The monoisotopic (exact) mass is 293 g/mol. The number of nitrogens with zero attached hydrogens (tertiary/aromatic N) is 1. The van der Waals surface area contributed by atoms with Crippen molar-refractivity contribution in [3.05, 3.63) is 20.8 Å². The summed E-state index contributed by atoms with van der Waals surface area (Å²) in [5.41, 5.74) is 0. The lowest BCUT2D eigenvalue weighted by atomic mass is 10.2. The molecule has 1 fully saturated rings. The van der Waals surface area contributed by atoms with Crippen LogP contribution in [0.3, 0.4) is 0 Å². The van der Waals surface area contributed by atoms with Gasteiger partial charge in [0.05, 0.1) is 5.38 Å². The number of alkyl halides is 1. The molecule has 78 valence electrons. The Hall–Kier alpha value is 0.430. The molecule has 0 saturated carbocycles. The first kappa shape index (κ1) is 10.9. The highest BCUT2D eigenvalue weighted by Gasteiger charge is 2.27. The predicted molar refractivity (Wildman–Crippen MR) is 66.1 cm³/mol. The van der Waals surface area contributed by atoms with Crippen LogP contribution in [0.2, 0.25) is 0 Å². The number of halogens is 2. The van der Waals surface area contributed by atoms with Crippen LogP contribution in [-0.2, 0) is 6.54 Å². The standard InChI is InChI=1S/C10H13BrClNS/c1-7-3-13(5-10(7)12)4-9-2-8(11)6-14-9/h2,6-7,10H,3-5H2,1H3. The van der Waals surface area contributed by atoms with Crippen molar-refractivity contribution in [1.82, 2.24) is 4.90 Å². The Balaban J connectivity index is 1.93. The third-order valence-electron chi connectivity index (χ3n) is 2.60. The molecule has 0 amide bonds. The van der Waals surface area contributed by atoms with Crippen LogP contribution in [0.1, 0.15) is 11.8 Å². The zero-order chi connectivity index (χ0) is 10.1. The van der Waals surface area contributed by atoms with E-state index in [4.69, 9.17) is 11.6 Å². The van der Waals surface area contributed by atoms with Crippen LogP contribution in [0.15, 0.2) is 15.9 Å². The summed E-state index contributed by atoms with van der Waals surface area (Å²) in [6, 6.07) is 2.19. The second-order valence-corrected chi connectivity index (χ2v) is 6.39. The fourth-order valence-electron chi connectivity index (χ4n) is 1.81. The van der Waals surface area contributed by atoms with Crippen molar-refractivity contribution < 1.29 is 0 Å². The lowest BCUT2D eigenvalue weighted by Crippen LogP contribution is -2.19. The van der Waals surface area contributed by atoms with E-state index in [2.05, 4.69) is 39.2 Å². The van der Waals surface area contributed by atoms with Crippen molar-refractivity contribution in [2.75, 3.05) is 13.1 Å². The van der Waals surface area contributed by atoms with Crippen molar-refractivity contribution in [3.63, 3.8) is 0 Å². The maximum Gasteiger partial charge on any atom is 0.0501 e. The zero-order valence-corrected chi connectivity index (χ0v) is 11.2. The maximum atomic E-state index is 6.18. The molecule has 2 atom stereocenters. The minimum absolute atomic E-state index is 0.332. The average Bonchev–Trinajstić information content (AvgIpc) is 2.62. The average molecular weight is 295 g/mol. The second kappa shape index (κ2) is 4.52. The Morgan fingerprint density at radius 2 is 2.43 bits per heavy atom. The van der Waals surface area contributed by atoms with Crippen LogP contribution in [0.5, 0.6) is 0 Å². The van der Waals surface area contributed by atoms with Crippen molar-refractivity contribution in [3.8, 4) is 0 Å². The Labute approximate surface area is 102 Å². The lowest BCUT2D eigenvalue weighted by Gasteiger charge is -2.13. The molecule has 2 rings (SSSR count). The number of hydrogen-bond donors (Lipinski definition) is 0. The number of likely N-dealkylation sites (tertiary alicyclic amines) is 1. The van der Waals surface area contributed by atoms with Gasteiger partial charge in [-0.3, -0.25) is 4.90 Å². The fraction of sp³-hybridized carbons (Fsp3) is 0.600. The first-order chi connectivity index (χ1) is 6.65. The number of rotatable bonds is 2. The summed E-state index contributed by atoms with van der Waals surface area (Å²) in [5.74, 6) is 0.625. The van der Waals surface area contributed by atoms with Crippen LogP contribution in [-0.4, -0.2) is 23.4 Å². The van der Waals surface area contributed by atoms with E-state index in [1.165, 1.54) is 9.35 Å². The summed E-state index contributed by atoms with van der Waals surface area (Å²) in [4.78, 5) is 3.84. The van der Waals surface area contributed by atoms with Gasteiger partial charge in [-0.25, -0.2) is 0 Å². The largest absolute Gasteiger partial charge is 0.296 e. The van der Waals surface area contributed by atoms with E-state index < -0.39 is 0 Å². The topological polar surface area (TPSA) is 3.24 Å². The van der Waals surface area contributed by atoms with Gasteiger partial charge in [-0.05, 0) is 27.9 Å². The summed E-state index contributed by atoms with van der Waals surface area (Å²) in [6.45, 7) is 5.42. The highest BCUT2D eigenvalue weighted by Crippen LogP contribution is 2.26. The van der Waals surface area contributed by atoms with Crippen LogP contribution in [0.4, 0.5) is 0 Å². The molecular formula is C10H13BrClNS. The van der Waals surface area contributed by atoms with Crippen LogP contribution in [0, 0.1) is 5.92 Å². The molecule has 0 aliphatic carbocycles. The molecule has 0 N–H and O–H groups in total. The van der Waals surface area contributed by atoms with E-state index in [1.54, 1.807) is 0 Å². The third-order valence-corrected chi connectivity index (χ3v) is 4.85. The van der Waals surface area contributed by atoms with Gasteiger partial charge in [-0.1, -0.05) is 6.92 Å². The Bertz CT molecular complexity index is 305. The normalized spacial score (nSPS) is 28.5. The number of thiophene rings is 1. The van der Waals surface area contributed by atoms with Gasteiger partial charge >= 0.3 is 0 Å². The molecule has 1 aromatic heterocycles. The highest BCUT2D eigenvalue weighted by molar-refractivity contribution is 9.10. The highest BCUT2D eigenvalue weighted by atomic mass is 79.9. The molecular weight excluding hydrogens is 282 g/mol. The molecule has 0 bridgehead atoms. The van der Waals surface area contributed by atoms with E-state index in [1.807, 2.05) is 11.3 Å². The van der Waals surface area contributed by atoms with Crippen molar-refractivity contribution >= 4 is 38.9 Å². The van der Waals surface area contributed by atoms with E-state index in [9.17, 15) is 0 Å². The fourth-order valence-corrected chi connectivity index (χ4v) is 3.58. The quantitative estimate of drug-likeness (QED) is 0.754. The Kier molecular flexibility index (Phi) is 3.53. The summed E-state index contributed by atoms with van der Waals surface area (Å²) in [5, 5.41) is 2.46. The summed E-state index contributed by atoms with van der Waals surface area (Å²) >= 11 is 11.5. The summed E-state index contributed by atoms with van der Waals surface area (Å²) in [7, 11) is 0. The Morgan fingerprint density at radius 1 is 1.64 bits per heavy atom. The first-order valence-electron chi connectivity index (χ1n) is 4.74. The molecule has 1 aliphatic heterocycles. The zero-order valence-electron chi connectivity index (χ0n) is 8.04. The molecule has 1 aromatic rings. The van der Waals surface area contributed by atoms with Gasteiger partial charge in [0.25, 0.3) is 0 Å². The molecule has 2 unspecified atom stereocenters. The minimum Gasteiger partial charge on any atom is -0.296 e. The molecule has 0 spiro atoms. The Morgan fingerprint density at radius 3 is 2.93 bits per heavy atom. The molecule has 14 heavy (non-hydrogen) atoms. The van der Waals surface area contributed by atoms with Crippen molar-refractivity contribution in [2.24, 2.45) is 5.92 Å². The second-order valence-electron chi connectivity index (χ2n) is 3.92. The van der Waals surface area contributed by atoms with Crippen molar-refractivity contribution in [1.29, 1.82) is 0 Å². The minimum atomic E-state index is 0.332. The molecule has 1 saturated heterocycles. The third kappa shape index (κ3) is 2.51. The van der Waals surface area contributed by atoms with Crippen LogP contribution >= 0.6 is 38.9 Å². The molecule has 4 heteroatoms. The van der Waals surface area contributed by atoms with E-state index in [-0.39, 0.29) is 0 Å². The van der Waals surface area contributed by atoms with Gasteiger partial charge in [-0.2, -0.15) is 0 Å². The van der Waals surface area contributed by atoms with Gasteiger partial charge in [0.1, 0.15) is 0 Å². The van der Waals surface area contributed by atoms with E-state index >= 15 is 0 Å². The van der Waals surface area contributed by atoms with Gasteiger partial charge in [0, 0.05) is 34.4 Å². The van der Waals surface area contributed by atoms with Crippen LogP contribution < -0.4 is 0 Å². The lowest BCUT2D eigenvalue weighted by molar-refractivity contribution is 0.323. The molecule has 2 heterocycles. The van der Waals surface area contributed by atoms with Gasteiger partial charge < -0.3 is 0 Å². The SMILES string of the molecule is CC1CN(Cc2cc(Br)cs2)CC1Cl. The van der Waals surface area contributed by atoms with E-state index in [0.29, 0.717) is 11.3 Å². The van der Waals surface area contributed by atoms with Gasteiger partial charge in [0.2, 0.25) is 0 Å². The molecule has 1 aliphatic rings. The molecule has 0 radical (unpaired) electrons.